The summed E-state index contributed by atoms with van der Waals surface area (Å²) in [5.74, 6) is 0.716. The monoisotopic (exact) mass is 355 g/mol. The number of ether oxygens (including phenoxy) is 1. The van der Waals surface area contributed by atoms with Gasteiger partial charge in [-0.05, 0) is 43.0 Å². The highest BCUT2D eigenvalue weighted by atomic mass is 32.2. The number of hydrogen-bond acceptors (Lipinski definition) is 3. The zero-order chi connectivity index (χ0) is 18.0. The molecule has 24 heavy (non-hydrogen) atoms. The zero-order valence-electron chi connectivity index (χ0n) is 15.7. The number of sulfonamides is 1. The van der Waals surface area contributed by atoms with Gasteiger partial charge in [0.15, 0.2) is 0 Å². The average molecular weight is 356 g/mol. The molecular weight excluding hydrogens is 322 g/mol. The molecule has 0 bridgehead atoms. The lowest BCUT2D eigenvalue weighted by atomic mass is 10.0. The van der Waals surface area contributed by atoms with E-state index in [2.05, 4.69) is 6.92 Å². The number of rotatable bonds is 12. The van der Waals surface area contributed by atoms with Crippen LogP contribution in [0.15, 0.2) is 23.1 Å². The molecule has 1 aromatic rings. The molecule has 0 N–H and O–H groups in total. The number of unbranched alkanes of at least 4 members (excludes halogenated alkanes) is 5. The quantitative estimate of drug-likeness (QED) is 0.514. The molecule has 0 saturated heterocycles. The van der Waals surface area contributed by atoms with Crippen molar-refractivity contribution in [2.24, 2.45) is 0 Å². The van der Waals surface area contributed by atoms with E-state index in [1.165, 1.54) is 30.0 Å². The minimum atomic E-state index is -3.43. The summed E-state index contributed by atoms with van der Waals surface area (Å²) >= 11 is 0. The maximum atomic E-state index is 12.8. The summed E-state index contributed by atoms with van der Waals surface area (Å²) in [5, 5.41) is 0. The van der Waals surface area contributed by atoms with Gasteiger partial charge < -0.3 is 4.74 Å². The summed E-state index contributed by atoms with van der Waals surface area (Å²) in [6, 6.07) is 5.29. The van der Waals surface area contributed by atoms with Crippen LogP contribution in [0.4, 0.5) is 0 Å². The fraction of sp³-hybridized carbons (Fsp3) is 0.684. The van der Waals surface area contributed by atoms with Gasteiger partial charge in [0.2, 0.25) is 10.0 Å². The number of methoxy groups -OCH3 is 1. The van der Waals surface area contributed by atoms with Gasteiger partial charge in [0, 0.05) is 13.6 Å². The van der Waals surface area contributed by atoms with Crippen molar-refractivity contribution in [2.45, 2.75) is 70.1 Å². The van der Waals surface area contributed by atoms with Crippen molar-refractivity contribution in [2.75, 3.05) is 20.7 Å². The third-order valence-electron chi connectivity index (χ3n) is 4.29. The Labute approximate surface area is 148 Å². The van der Waals surface area contributed by atoms with Gasteiger partial charge in [0.25, 0.3) is 0 Å². The fourth-order valence-electron chi connectivity index (χ4n) is 2.83. The largest absolute Gasteiger partial charge is 0.497 e. The number of aryl methyl sites for hydroxylation is 1. The van der Waals surface area contributed by atoms with Crippen LogP contribution in [0.25, 0.3) is 0 Å². The smallest absolute Gasteiger partial charge is 0.243 e. The van der Waals surface area contributed by atoms with Crippen molar-refractivity contribution in [1.29, 1.82) is 0 Å². The second-order valence-corrected chi connectivity index (χ2v) is 8.33. The van der Waals surface area contributed by atoms with E-state index in [9.17, 15) is 8.42 Å². The Morgan fingerprint density at radius 2 is 1.67 bits per heavy atom. The van der Waals surface area contributed by atoms with Crippen LogP contribution in [0.1, 0.15) is 64.4 Å². The second kappa shape index (κ2) is 10.7. The molecule has 0 saturated carbocycles. The average Bonchev–Trinajstić information content (AvgIpc) is 2.57. The summed E-state index contributed by atoms with van der Waals surface area (Å²) in [5.41, 5.74) is 0.868. The van der Waals surface area contributed by atoms with Crippen LogP contribution < -0.4 is 4.74 Å². The van der Waals surface area contributed by atoms with E-state index in [0.717, 1.165) is 31.2 Å². The Bertz CT molecular complexity index is 584. The molecule has 0 aromatic heterocycles. The van der Waals surface area contributed by atoms with Crippen molar-refractivity contribution < 1.29 is 13.2 Å². The van der Waals surface area contributed by atoms with Crippen molar-refractivity contribution >= 4 is 10.0 Å². The standard InChI is InChI=1S/C19H33NO3S/c1-5-7-8-9-10-11-12-17-16-18(23-4)13-14-19(17)24(21,22)20(3)15-6-2/h13-14,16H,5-12,15H2,1-4H3. The second-order valence-electron chi connectivity index (χ2n) is 6.32. The molecule has 5 heteroatoms. The Balaban J connectivity index is 2.88. The first-order chi connectivity index (χ1) is 11.5. The summed E-state index contributed by atoms with van der Waals surface area (Å²) in [4.78, 5) is 0.424. The van der Waals surface area contributed by atoms with Crippen LogP contribution in [0.3, 0.4) is 0 Å². The third-order valence-corrected chi connectivity index (χ3v) is 6.25. The van der Waals surface area contributed by atoms with Crippen LogP contribution in [0, 0.1) is 0 Å². The van der Waals surface area contributed by atoms with Gasteiger partial charge in [-0.2, -0.15) is 0 Å². The van der Waals surface area contributed by atoms with Gasteiger partial charge in [0.05, 0.1) is 12.0 Å². The van der Waals surface area contributed by atoms with Crippen molar-refractivity contribution in [3.05, 3.63) is 23.8 Å². The normalized spacial score (nSPS) is 11.9. The van der Waals surface area contributed by atoms with Crippen LogP contribution in [0.5, 0.6) is 5.75 Å². The number of benzene rings is 1. The molecule has 1 rings (SSSR count). The first-order valence-corrected chi connectivity index (χ1v) is 10.5. The molecule has 138 valence electrons. The highest BCUT2D eigenvalue weighted by Gasteiger charge is 2.23. The molecule has 0 spiro atoms. The van der Waals surface area contributed by atoms with Gasteiger partial charge in [-0.25, -0.2) is 12.7 Å². The zero-order valence-corrected chi connectivity index (χ0v) is 16.5. The van der Waals surface area contributed by atoms with Crippen molar-refractivity contribution in [1.82, 2.24) is 4.31 Å². The minimum Gasteiger partial charge on any atom is -0.497 e. The maximum Gasteiger partial charge on any atom is 0.243 e. The molecule has 0 fully saturated rings. The molecule has 0 radical (unpaired) electrons. The molecule has 0 heterocycles. The lowest BCUT2D eigenvalue weighted by molar-refractivity contribution is 0.413. The van der Waals surface area contributed by atoms with Gasteiger partial charge >= 0.3 is 0 Å². The van der Waals surface area contributed by atoms with E-state index in [1.807, 2.05) is 13.0 Å². The van der Waals surface area contributed by atoms with Gasteiger partial charge in [0.1, 0.15) is 5.75 Å². The van der Waals surface area contributed by atoms with Gasteiger partial charge in [-0.1, -0.05) is 46.0 Å². The topological polar surface area (TPSA) is 46.6 Å². The van der Waals surface area contributed by atoms with Crippen LogP contribution in [0.2, 0.25) is 0 Å². The number of hydrogen-bond donors (Lipinski definition) is 0. The van der Waals surface area contributed by atoms with E-state index in [0.29, 0.717) is 17.2 Å². The highest BCUT2D eigenvalue weighted by Crippen LogP contribution is 2.26. The highest BCUT2D eigenvalue weighted by molar-refractivity contribution is 7.89. The molecule has 0 aliphatic rings. The first-order valence-electron chi connectivity index (χ1n) is 9.10. The van der Waals surface area contributed by atoms with E-state index >= 15 is 0 Å². The number of nitrogens with zero attached hydrogens (tertiary/aromatic N) is 1. The van der Waals surface area contributed by atoms with E-state index in [1.54, 1.807) is 26.3 Å². The van der Waals surface area contributed by atoms with E-state index in [-0.39, 0.29) is 0 Å². The lowest BCUT2D eigenvalue weighted by Gasteiger charge is -2.19. The summed E-state index contributed by atoms with van der Waals surface area (Å²) in [7, 11) is -0.168. The van der Waals surface area contributed by atoms with Gasteiger partial charge in [-0.15, -0.1) is 0 Å². The molecular formula is C19H33NO3S. The predicted molar refractivity (Wildman–Crippen MR) is 100 cm³/mol. The van der Waals surface area contributed by atoms with E-state index in [4.69, 9.17) is 4.74 Å². The molecule has 0 atom stereocenters. The molecule has 0 aliphatic heterocycles. The third kappa shape index (κ3) is 6.10. The van der Waals surface area contributed by atoms with E-state index < -0.39 is 10.0 Å². The summed E-state index contributed by atoms with van der Waals surface area (Å²) in [6.07, 6.45) is 8.73. The summed E-state index contributed by atoms with van der Waals surface area (Å²) < 4.78 is 32.3. The Morgan fingerprint density at radius 1 is 1.00 bits per heavy atom. The van der Waals surface area contributed by atoms with Crippen LogP contribution in [-0.4, -0.2) is 33.4 Å². The van der Waals surface area contributed by atoms with Gasteiger partial charge in [-0.3, -0.25) is 0 Å². The molecule has 0 unspecified atom stereocenters. The summed E-state index contributed by atoms with van der Waals surface area (Å²) in [6.45, 7) is 4.72. The molecule has 0 aliphatic carbocycles. The molecule has 0 amide bonds. The Morgan fingerprint density at radius 3 is 2.29 bits per heavy atom. The van der Waals surface area contributed by atoms with Crippen molar-refractivity contribution in [3.8, 4) is 5.75 Å². The molecule has 4 nitrogen and oxygen atoms in total. The van der Waals surface area contributed by atoms with Crippen molar-refractivity contribution in [3.63, 3.8) is 0 Å². The predicted octanol–water partition coefficient (Wildman–Crippen LogP) is 4.63. The first kappa shape index (κ1) is 21.0. The Kier molecular flexibility index (Phi) is 9.37. The SMILES string of the molecule is CCCCCCCCc1cc(OC)ccc1S(=O)(=O)N(C)CCC. The maximum absolute atomic E-state index is 12.8. The minimum absolute atomic E-state index is 0.424. The van der Waals surface area contributed by atoms with Crippen LogP contribution >= 0.6 is 0 Å². The fourth-order valence-corrected chi connectivity index (χ4v) is 4.32. The Hall–Kier alpha value is -1.07. The molecule has 1 aromatic carbocycles. The lowest BCUT2D eigenvalue weighted by Crippen LogP contribution is -2.28. The van der Waals surface area contributed by atoms with Crippen LogP contribution in [-0.2, 0) is 16.4 Å².